The molecule has 3 aromatic carbocycles. The Morgan fingerprint density at radius 2 is 1.47 bits per heavy atom. The third-order valence-corrected chi connectivity index (χ3v) is 6.47. The van der Waals surface area contributed by atoms with Crippen molar-refractivity contribution in [1.29, 1.82) is 0 Å². The van der Waals surface area contributed by atoms with Crippen molar-refractivity contribution in [2.45, 2.75) is 35.4 Å². The number of carbonyl (C=O) groups excluding carboxylic acids is 3. The fourth-order valence-electron chi connectivity index (χ4n) is 3.46. The van der Waals surface area contributed by atoms with Gasteiger partial charge >= 0.3 is 6.09 Å². The SMILES string of the molecule is O=C(N[C@@H](Cc1ccccc1)C(=O)N[C@@H]1C(=O)N[C@H]1Sc1ccccc1)OCc1ccccc1. The van der Waals surface area contributed by atoms with E-state index in [0.29, 0.717) is 0 Å². The number of carbonyl (C=O) groups is 3. The molecule has 0 spiro atoms. The first kappa shape index (κ1) is 23.4. The topological polar surface area (TPSA) is 96.5 Å². The van der Waals surface area contributed by atoms with Crippen molar-refractivity contribution in [3.63, 3.8) is 0 Å². The van der Waals surface area contributed by atoms with Gasteiger partial charge in [-0.05, 0) is 23.3 Å². The van der Waals surface area contributed by atoms with Crippen LogP contribution in [0.2, 0.25) is 0 Å². The second-order valence-electron chi connectivity index (χ2n) is 7.79. The van der Waals surface area contributed by atoms with E-state index in [-0.39, 0.29) is 24.3 Å². The number of nitrogens with one attached hydrogen (secondary N) is 3. The van der Waals surface area contributed by atoms with Crippen LogP contribution in [0, 0.1) is 0 Å². The molecule has 1 saturated heterocycles. The summed E-state index contributed by atoms with van der Waals surface area (Å²) in [6.45, 7) is 0.0904. The van der Waals surface area contributed by atoms with Crippen LogP contribution >= 0.6 is 11.8 Å². The van der Waals surface area contributed by atoms with Gasteiger partial charge in [0.05, 0.1) is 0 Å². The summed E-state index contributed by atoms with van der Waals surface area (Å²) in [6.07, 6.45) is -0.439. The van der Waals surface area contributed by atoms with E-state index in [1.54, 1.807) is 0 Å². The van der Waals surface area contributed by atoms with Crippen LogP contribution in [0.25, 0.3) is 0 Å². The van der Waals surface area contributed by atoms with Crippen molar-refractivity contribution in [3.8, 4) is 0 Å². The van der Waals surface area contributed by atoms with Gasteiger partial charge < -0.3 is 20.7 Å². The van der Waals surface area contributed by atoms with Crippen LogP contribution in [0.5, 0.6) is 0 Å². The van der Waals surface area contributed by atoms with Gasteiger partial charge in [0.25, 0.3) is 0 Å². The quantitative estimate of drug-likeness (QED) is 0.413. The average Bonchev–Trinajstić information content (AvgIpc) is 2.87. The third kappa shape index (κ3) is 6.39. The lowest BCUT2D eigenvalue weighted by Gasteiger charge is -2.37. The van der Waals surface area contributed by atoms with E-state index >= 15 is 0 Å². The summed E-state index contributed by atoms with van der Waals surface area (Å²) >= 11 is 1.46. The number of rotatable bonds is 9. The number of hydrogen-bond acceptors (Lipinski definition) is 5. The van der Waals surface area contributed by atoms with E-state index in [1.807, 2.05) is 91.0 Å². The Morgan fingerprint density at radius 1 is 0.882 bits per heavy atom. The predicted octanol–water partition coefficient (Wildman–Crippen LogP) is 3.26. The molecular formula is C26H25N3O4S. The smallest absolute Gasteiger partial charge is 0.408 e. The second kappa shape index (κ2) is 11.4. The zero-order valence-electron chi connectivity index (χ0n) is 18.3. The minimum atomic E-state index is -0.901. The maximum Gasteiger partial charge on any atom is 0.408 e. The van der Waals surface area contributed by atoms with E-state index in [0.717, 1.165) is 16.0 Å². The number of benzene rings is 3. The van der Waals surface area contributed by atoms with E-state index in [9.17, 15) is 14.4 Å². The van der Waals surface area contributed by atoms with Gasteiger partial charge in [0.15, 0.2) is 0 Å². The molecular weight excluding hydrogens is 450 g/mol. The first-order chi connectivity index (χ1) is 16.6. The molecule has 1 heterocycles. The Balaban J connectivity index is 1.39. The second-order valence-corrected chi connectivity index (χ2v) is 9.01. The van der Waals surface area contributed by atoms with Gasteiger partial charge in [-0.3, -0.25) is 9.59 Å². The van der Waals surface area contributed by atoms with Crippen LogP contribution in [0.1, 0.15) is 11.1 Å². The van der Waals surface area contributed by atoms with Crippen LogP contribution in [0.15, 0.2) is 95.9 Å². The lowest BCUT2D eigenvalue weighted by Crippen LogP contribution is -2.69. The van der Waals surface area contributed by atoms with Gasteiger partial charge in [-0.1, -0.05) is 90.6 Å². The number of alkyl carbamates (subject to hydrolysis) is 1. The Morgan fingerprint density at radius 3 is 2.09 bits per heavy atom. The normalized spacial score (nSPS) is 17.6. The molecule has 174 valence electrons. The molecule has 0 aliphatic carbocycles. The number of thioether (sulfide) groups is 1. The van der Waals surface area contributed by atoms with Crippen molar-refractivity contribution in [3.05, 3.63) is 102 Å². The highest BCUT2D eigenvalue weighted by molar-refractivity contribution is 8.00. The Hall–Kier alpha value is -3.78. The summed E-state index contributed by atoms with van der Waals surface area (Å²) in [5.41, 5.74) is 1.72. The average molecular weight is 476 g/mol. The van der Waals surface area contributed by atoms with Gasteiger partial charge in [-0.25, -0.2) is 4.79 Å². The highest BCUT2D eigenvalue weighted by Crippen LogP contribution is 2.28. The summed E-state index contributed by atoms with van der Waals surface area (Å²) in [5, 5.41) is 7.97. The number of hydrogen-bond donors (Lipinski definition) is 3. The summed E-state index contributed by atoms with van der Waals surface area (Å²) in [7, 11) is 0. The van der Waals surface area contributed by atoms with Crippen LogP contribution in [0.4, 0.5) is 4.79 Å². The van der Waals surface area contributed by atoms with Crippen LogP contribution in [-0.2, 0) is 27.4 Å². The molecule has 0 unspecified atom stereocenters. The van der Waals surface area contributed by atoms with E-state index < -0.39 is 24.1 Å². The van der Waals surface area contributed by atoms with Crippen molar-refractivity contribution < 1.29 is 19.1 Å². The highest BCUT2D eigenvalue weighted by atomic mass is 32.2. The third-order valence-electron chi connectivity index (χ3n) is 5.28. The Kier molecular flexibility index (Phi) is 7.83. The molecule has 3 atom stereocenters. The molecule has 0 bridgehead atoms. The minimum absolute atomic E-state index is 0.0904. The van der Waals surface area contributed by atoms with E-state index in [4.69, 9.17) is 4.74 Å². The van der Waals surface area contributed by atoms with Crippen LogP contribution in [0.3, 0.4) is 0 Å². The molecule has 3 aromatic rings. The van der Waals surface area contributed by atoms with E-state index in [2.05, 4.69) is 16.0 Å². The standard InChI is InChI=1S/C26H25N3O4S/c30-23(28-22-24(31)29-25(22)34-20-14-8-3-9-15-20)21(16-18-10-4-1-5-11-18)27-26(32)33-17-19-12-6-2-7-13-19/h1-15,21-22,25H,16-17H2,(H,27,32)(H,28,30)(H,29,31)/t21-,22+,25-/m0/s1. The molecule has 0 saturated carbocycles. The Labute approximate surface area is 202 Å². The van der Waals surface area contributed by atoms with Gasteiger partial charge in [0, 0.05) is 11.3 Å². The largest absolute Gasteiger partial charge is 0.445 e. The predicted molar refractivity (Wildman–Crippen MR) is 130 cm³/mol. The van der Waals surface area contributed by atoms with Crippen LogP contribution in [-0.4, -0.2) is 35.4 Å². The summed E-state index contributed by atoms with van der Waals surface area (Å²) in [6, 6.07) is 26.7. The number of amides is 3. The minimum Gasteiger partial charge on any atom is -0.445 e. The Bertz CT molecular complexity index is 1110. The van der Waals surface area contributed by atoms with Crippen molar-refractivity contribution >= 4 is 29.7 Å². The highest BCUT2D eigenvalue weighted by Gasteiger charge is 2.42. The fourth-order valence-corrected chi connectivity index (χ4v) is 4.57. The molecule has 1 fully saturated rings. The zero-order chi connectivity index (χ0) is 23.8. The molecule has 8 heteroatoms. The summed E-state index contributed by atoms with van der Waals surface area (Å²) in [4.78, 5) is 38.8. The molecule has 3 N–H and O–H groups in total. The molecule has 1 aliphatic rings. The molecule has 0 radical (unpaired) electrons. The van der Waals surface area contributed by atoms with Gasteiger partial charge in [-0.2, -0.15) is 0 Å². The van der Waals surface area contributed by atoms with Gasteiger partial charge in [-0.15, -0.1) is 0 Å². The van der Waals surface area contributed by atoms with Gasteiger partial charge in [0.2, 0.25) is 11.8 Å². The van der Waals surface area contributed by atoms with Gasteiger partial charge in [0.1, 0.15) is 24.1 Å². The molecule has 7 nitrogen and oxygen atoms in total. The lowest BCUT2D eigenvalue weighted by atomic mass is 10.0. The number of ether oxygens (including phenoxy) is 1. The van der Waals surface area contributed by atoms with Crippen LogP contribution < -0.4 is 16.0 Å². The molecule has 34 heavy (non-hydrogen) atoms. The fraction of sp³-hybridized carbons (Fsp3) is 0.192. The maximum absolute atomic E-state index is 13.1. The monoisotopic (exact) mass is 475 g/mol. The van der Waals surface area contributed by atoms with Crippen molar-refractivity contribution in [2.24, 2.45) is 0 Å². The molecule has 1 aliphatic heterocycles. The maximum atomic E-state index is 13.1. The summed E-state index contributed by atoms with van der Waals surface area (Å²) in [5.74, 6) is -0.703. The lowest BCUT2D eigenvalue weighted by molar-refractivity contribution is -0.134. The first-order valence-corrected chi connectivity index (χ1v) is 11.8. The zero-order valence-corrected chi connectivity index (χ0v) is 19.2. The molecule has 4 rings (SSSR count). The van der Waals surface area contributed by atoms with E-state index in [1.165, 1.54) is 11.8 Å². The van der Waals surface area contributed by atoms with Crippen molar-refractivity contribution in [1.82, 2.24) is 16.0 Å². The van der Waals surface area contributed by atoms with Crippen molar-refractivity contribution in [2.75, 3.05) is 0 Å². The first-order valence-electron chi connectivity index (χ1n) is 10.9. The molecule has 3 amide bonds. The number of β-lactam (4-membered cyclic amide) rings is 1. The molecule has 0 aromatic heterocycles. The summed E-state index contributed by atoms with van der Waals surface area (Å²) < 4.78 is 5.30.